The molecule has 3 nitrogen and oxygen atoms in total. The second-order valence-electron chi connectivity index (χ2n) is 4.20. The lowest BCUT2D eigenvalue weighted by Gasteiger charge is -2.22. The van der Waals surface area contributed by atoms with Crippen LogP contribution in [-0.2, 0) is 11.3 Å². The Kier molecular flexibility index (Phi) is 7.32. The van der Waals surface area contributed by atoms with Gasteiger partial charge in [-0.05, 0) is 27.9 Å². The minimum Gasteiger partial charge on any atom is -0.339 e. The highest BCUT2D eigenvalue weighted by atomic mass is 79.9. The molecule has 1 heterocycles. The van der Waals surface area contributed by atoms with E-state index in [9.17, 15) is 4.79 Å². The second kappa shape index (κ2) is 7.36. The van der Waals surface area contributed by atoms with E-state index in [0.29, 0.717) is 6.54 Å². The van der Waals surface area contributed by atoms with Crippen LogP contribution in [0.15, 0.2) is 15.9 Å². The quantitative estimate of drug-likeness (QED) is 0.915. The molecule has 0 bridgehead atoms. The van der Waals surface area contributed by atoms with Crippen molar-refractivity contribution in [2.45, 2.75) is 26.4 Å². The fourth-order valence-electron chi connectivity index (χ4n) is 1.29. The van der Waals surface area contributed by atoms with Crippen LogP contribution < -0.4 is 5.73 Å². The summed E-state index contributed by atoms with van der Waals surface area (Å²) < 4.78 is 1.06. The van der Waals surface area contributed by atoms with E-state index < -0.39 is 6.04 Å². The molecule has 0 unspecified atom stereocenters. The lowest BCUT2D eigenvalue weighted by Crippen LogP contribution is -2.44. The number of hydrogen-bond acceptors (Lipinski definition) is 3. The van der Waals surface area contributed by atoms with Gasteiger partial charge in [-0.3, -0.25) is 4.79 Å². The lowest BCUT2D eigenvalue weighted by atomic mass is 10.0. The Hall–Kier alpha value is -0.100. The Labute approximate surface area is 121 Å². The number of hydrogen-bond donors (Lipinski definition) is 1. The minimum atomic E-state index is -0.409. The number of nitrogens with zero attached hydrogens (tertiary/aromatic N) is 1. The first-order valence-corrected chi connectivity index (χ1v) is 6.82. The van der Waals surface area contributed by atoms with Crippen molar-refractivity contribution in [3.63, 3.8) is 0 Å². The molecule has 1 rings (SSSR count). The van der Waals surface area contributed by atoms with Gasteiger partial charge in [-0.15, -0.1) is 23.7 Å². The van der Waals surface area contributed by atoms with Crippen LogP contribution in [0.3, 0.4) is 0 Å². The largest absolute Gasteiger partial charge is 0.339 e. The maximum Gasteiger partial charge on any atom is 0.239 e. The molecule has 0 aromatic carbocycles. The fourth-order valence-corrected chi connectivity index (χ4v) is 2.79. The normalized spacial score (nSPS) is 12.1. The monoisotopic (exact) mass is 340 g/mol. The molecule has 0 aliphatic rings. The first kappa shape index (κ1) is 16.9. The fraction of sp³-hybridized carbons (Fsp3) is 0.545. The summed E-state index contributed by atoms with van der Waals surface area (Å²) >= 11 is 5.03. The van der Waals surface area contributed by atoms with E-state index >= 15 is 0 Å². The summed E-state index contributed by atoms with van der Waals surface area (Å²) in [5.74, 6) is 0.171. The summed E-state index contributed by atoms with van der Waals surface area (Å²) in [5, 5.41) is 2.01. The molecule has 0 aliphatic carbocycles. The highest BCUT2D eigenvalue weighted by Crippen LogP contribution is 2.21. The Morgan fingerprint density at radius 1 is 1.59 bits per heavy atom. The number of rotatable bonds is 4. The van der Waals surface area contributed by atoms with Crippen molar-refractivity contribution in [3.05, 3.63) is 20.8 Å². The van der Waals surface area contributed by atoms with Crippen molar-refractivity contribution in [1.82, 2.24) is 4.90 Å². The Balaban J connectivity index is 0.00000256. The Morgan fingerprint density at radius 2 is 2.18 bits per heavy atom. The van der Waals surface area contributed by atoms with E-state index in [4.69, 9.17) is 5.73 Å². The van der Waals surface area contributed by atoms with Gasteiger partial charge in [0, 0.05) is 21.8 Å². The first-order chi connectivity index (χ1) is 7.41. The van der Waals surface area contributed by atoms with E-state index in [1.54, 1.807) is 23.3 Å². The van der Waals surface area contributed by atoms with Crippen molar-refractivity contribution in [1.29, 1.82) is 0 Å². The zero-order chi connectivity index (χ0) is 12.3. The van der Waals surface area contributed by atoms with E-state index in [2.05, 4.69) is 15.9 Å². The van der Waals surface area contributed by atoms with Crippen molar-refractivity contribution in [3.8, 4) is 0 Å². The Morgan fingerprint density at radius 3 is 2.59 bits per heavy atom. The second-order valence-corrected chi connectivity index (χ2v) is 6.11. The molecule has 0 fully saturated rings. The first-order valence-electron chi connectivity index (χ1n) is 5.15. The number of likely N-dealkylation sites (N-methyl/N-ethyl adjacent to an activating group) is 1. The van der Waals surface area contributed by atoms with Gasteiger partial charge in [0.1, 0.15) is 0 Å². The van der Waals surface area contributed by atoms with Crippen LogP contribution in [0, 0.1) is 5.92 Å². The Bertz CT molecular complexity index is 370. The summed E-state index contributed by atoms with van der Waals surface area (Å²) in [6.07, 6.45) is 0. The number of amides is 1. The molecule has 0 saturated carbocycles. The summed E-state index contributed by atoms with van der Waals surface area (Å²) in [7, 11) is 1.79. The van der Waals surface area contributed by atoms with Gasteiger partial charge < -0.3 is 10.6 Å². The molecular formula is C11H18BrClN2OS. The number of carbonyl (C=O) groups excluding carboxylic acids is 1. The van der Waals surface area contributed by atoms with Crippen molar-refractivity contribution in [2.24, 2.45) is 11.7 Å². The van der Waals surface area contributed by atoms with Crippen LogP contribution in [0.5, 0.6) is 0 Å². The smallest absolute Gasteiger partial charge is 0.239 e. The highest BCUT2D eigenvalue weighted by molar-refractivity contribution is 9.10. The van der Waals surface area contributed by atoms with Crippen LogP contribution in [0.4, 0.5) is 0 Å². The van der Waals surface area contributed by atoms with Crippen molar-refractivity contribution >= 4 is 45.6 Å². The number of thiophene rings is 1. The van der Waals surface area contributed by atoms with Gasteiger partial charge in [0.25, 0.3) is 0 Å². The van der Waals surface area contributed by atoms with Crippen LogP contribution in [0.1, 0.15) is 18.7 Å². The standard InChI is InChI=1S/C11H17BrN2OS.ClH/c1-7(2)10(13)11(15)14(3)5-9-4-8(12)6-16-9;/h4,6-7,10H,5,13H2,1-3H3;1H/t10-;/m1./s1. The van der Waals surface area contributed by atoms with E-state index in [0.717, 1.165) is 9.35 Å². The third-order valence-electron chi connectivity index (χ3n) is 2.39. The zero-order valence-electron chi connectivity index (χ0n) is 10.1. The number of nitrogens with two attached hydrogens (primary N) is 1. The SMILES string of the molecule is CC(C)[C@@H](N)C(=O)N(C)Cc1cc(Br)cs1.Cl. The molecule has 17 heavy (non-hydrogen) atoms. The van der Waals surface area contributed by atoms with Gasteiger partial charge in [-0.25, -0.2) is 0 Å². The third-order valence-corrected chi connectivity index (χ3v) is 4.08. The van der Waals surface area contributed by atoms with Crippen LogP contribution in [0.25, 0.3) is 0 Å². The lowest BCUT2D eigenvalue weighted by molar-refractivity contribution is -0.132. The van der Waals surface area contributed by atoms with Crippen LogP contribution in [0.2, 0.25) is 0 Å². The average Bonchev–Trinajstić information content (AvgIpc) is 2.61. The van der Waals surface area contributed by atoms with Gasteiger partial charge in [-0.1, -0.05) is 13.8 Å². The molecule has 1 atom stereocenters. The molecule has 1 aromatic rings. The third kappa shape index (κ3) is 4.95. The van der Waals surface area contributed by atoms with E-state index in [-0.39, 0.29) is 24.2 Å². The molecule has 0 aliphatic heterocycles. The molecule has 98 valence electrons. The maximum atomic E-state index is 11.9. The highest BCUT2D eigenvalue weighted by Gasteiger charge is 2.21. The van der Waals surface area contributed by atoms with Gasteiger partial charge >= 0.3 is 0 Å². The summed E-state index contributed by atoms with van der Waals surface area (Å²) in [5.41, 5.74) is 5.82. The summed E-state index contributed by atoms with van der Waals surface area (Å²) in [6.45, 7) is 4.53. The van der Waals surface area contributed by atoms with Crippen molar-refractivity contribution < 1.29 is 4.79 Å². The molecule has 1 aromatic heterocycles. The molecule has 0 radical (unpaired) electrons. The molecular weight excluding hydrogens is 324 g/mol. The summed E-state index contributed by atoms with van der Waals surface area (Å²) in [4.78, 5) is 14.7. The van der Waals surface area contributed by atoms with Gasteiger partial charge in [0.15, 0.2) is 0 Å². The molecule has 0 saturated heterocycles. The predicted octanol–water partition coefficient (Wildman–Crippen LogP) is 2.87. The van der Waals surface area contributed by atoms with Crippen LogP contribution in [-0.4, -0.2) is 23.9 Å². The molecule has 0 spiro atoms. The van der Waals surface area contributed by atoms with E-state index in [1.165, 1.54) is 0 Å². The zero-order valence-corrected chi connectivity index (χ0v) is 13.4. The van der Waals surface area contributed by atoms with Crippen LogP contribution >= 0.6 is 39.7 Å². The topological polar surface area (TPSA) is 46.3 Å². The van der Waals surface area contributed by atoms with Crippen molar-refractivity contribution in [2.75, 3.05) is 7.05 Å². The molecule has 6 heteroatoms. The minimum absolute atomic E-state index is 0. The van der Waals surface area contributed by atoms with Gasteiger partial charge in [0.2, 0.25) is 5.91 Å². The molecule has 2 N–H and O–H groups in total. The average molecular weight is 342 g/mol. The summed E-state index contributed by atoms with van der Waals surface area (Å²) in [6, 6.07) is 1.61. The van der Waals surface area contributed by atoms with E-state index in [1.807, 2.05) is 25.3 Å². The number of halogens is 2. The number of carbonyl (C=O) groups is 1. The van der Waals surface area contributed by atoms with Gasteiger partial charge in [-0.2, -0.15) is 0 Å². The predicted molar refractivity (Wildman–Crippen MR) is 78.6 cm³/mol. The molecule has 1 amide bonds. The van der Waals surface area contributed by atoms with Gasteiger partial charge in [0.05, 0.1) is 12.6 Å². The maximum absolute atomic E-state index is 11.9.